The molecule has 2 saturated heterocycles. The number of carbonyl (C=O) groups is 6. The highest BCUT2D eigenvalue weighted by Crippen LogP contribution is 2.76. The molecule has 1 spiro atoms. The van der Waals surface area contributed by atoms with Crippen LogP contribution in [0.15, 0.2) is 35.2 Å². The molecule has 0 aromatic carbocycles. The van der Waals surface area contributed by atoms with E-state index < -0.39 is 126 Å². The van der Waals surface area contributed by atoms with E-state index in [1.165, 1.54) is 27.2 Å². The van der Waals surface area contributed by atoms with Crippen molar-refractivity contribution in [1.29, 1.82) is 0 Å². The first kappa shape index (κ1) is 40.0. The van der Waals surface area contributed by atoms with Crippen molar-refractivity contribution in [1.82, 2.24) is 0 Å². The summed E-state index contributed by atoms with van der Waals surface area (Å²) in [5, 5.41) is 11.1. The Balaban J connectivity index is 1.81. The minimum Gasteiger partial charge on any atom is -0.472 e. The summed E-state index contributed by atoms with van der Waals surface area (Å²) in [6.45, 7) is 15.1. The zero-order chi connectivity index (χ0) is 39.3. The highest BCUT2D eigenvalue weighted by atomic mass is 16.6. The Bertz CT molecular complexity index is 1620. The van der Waals surface area contributed by atoms with E-state index in [4.69, 9.17) is 37.6 Å². The molecule has 5 rings (SSSR count). The second-order valence-electron chi connectivity index (χ2n) is 15.4. The number of furan rings is 1. The number of carbonyl (C=O) groups excluding carboxylic acids is 6. The highest BCUT2D eigenvalue weighted by molar-refractivity contribution is 5.76. The van der Waals surface area contributed by atoms with E-state index in [-0.39, 0.29) is 6.47 Å². The largest absolute Gasteiger partial charge is 0.472 e. The lowest BCUT2D eigenvalue weighted by Gasteiger charge is -2.59. The van der Waals surface area contributed by atoms with Gasteiger partial charge in [0.15, 0.2) is 6.10 Å². The number of ether oxygens (including phenoxy) is 7. The molecular formula is C38H50O15. The van der Waals surface area contributed by atoms with Crippen LogP contribution in [0.1, 0.15) is 85.6 Å². The molecule has 1 N–H and O–H groups in total. The predicted octanol–water partition coefficient (Wildman–Crippen LogP) is 3.34. The van der Waals surface area contributed by atoms with Crippen molar-refractivity contribution >= 4 is 36.3 Å². The second kappa shape index (κ2) is 14.5. The van der Waals surface area contributed by atoms with Gasteiger partial charge in [0.05, 0.1) is 44.0 Å². The first-order valence-electron chi connectivity index (χ1n) is 17.8. The van der Waals surface area contributed by atoms with Crippen molar-refractivity contribution < 1.29 is 71.4 Å². The van der Waals surface area contributed by atoms with Gasteiger partial charge in [0.1, 0.15) is 36.1 Å². The van der Waals surface area contributed by atoms with Crippen LogP contribution in [0, 0.1) is 28.6 Å². The van der Waals surface area contributed by atoms with E-state index in [0.717, 1.165) is 12.5 Å². The molecule has 0 bridgehead atoms. The fraction of sp³-hybridized carbons (Fsp3) is 0.684. The molecule has 15 heteroatoms. The Kier molecular flexibility index (Phi) is 11.0. The molecule has 0 radical (unpaired) electrons. The number of rotatable bonds is 13. The van der Waals surface area contributed by atoms with Crippen LogP contribution in [-0.4, -0.2) is 96.9 Å². The molecule has 13 atom stereocenters. The lowest BCUT2D eigenvalue weighted by atomic mass is 9.47. The van der Waals surface area contributed by atoms with Crippen LogP contribution < -0.4 is 0 Å². The van der Waals surface area contributed by atoms with Gasteiger partial charge in [-0.2, -0.15) is 0 Å². The molecule has 2 saturated carbocycles. The normalized spacial score (nSPS) is 38.5. The summed E-state index contributed by atoms with van der Waals surface area (Å²) in [4.78, 5) is 78.5. The lowest BCUT2D eigenvalue weighted by Crippen LogP contribution is -2.68. The summed E-state index contributed by atoms with van der Waals surface area (Å²) in [7, 11) is 1.17. The maximum Gasteiger partial charge on any atom is 0.335 e. The fourth-order valence-electron chi connectivity index (χ4n) is 9.79. The van der Waals surface area contributed by atoms with Crippen molar-refractivity contribution in [2.24, 2.45) is 28.6 Å². The number of epoxide rings is 1. The zero-order valence-electron chi connectivity index (χ0n) is 31.4. The van der Waals surface area contributed by atoms with Gasteiger partial charge in [-0.25, -0.2) is 4.79 Å². The number of aliphatic hydroxyl groups is 1. The van der Waals surface area contributed by atoms with E-state index in [0.29, 0.717) is 18.4 Å². The zero-order valence-corrected chi connectivity index (χ0v) is 31.4. The monoisotopic (exact) mass is 746 g/mol. The van der Waals surface area contributed by atoms with Crippen LogP contribution in [0.4, 0.5) is 0 Å². The number of hydrogen-bond acceptors (Lipinski definition) is 15. The first-order valence-corrected chi connectivity index (χ1v) is 17.8. The fourth-order valence-corrected chi connectivity index (χ4v) is 9.79. The van der Waals surface area contributed by atoms with Crippen LogP contribution in [0.5, 0.6) is 0 Å². The Morgan fingerprint density at radius 2 is 1.83 bits per heavy atom. The maximum absolute atomic E-state index is 13.9. The van der Waals surface area contributed by atoms with Gasteiger partial charge in [0, 0.05) is 37.0 Å². The average Bonchev–Trinajstić information content (AvgIpc) is 3.47. The molecule has 53 heavy (non-hydrogen) atoms. The molecule has 1 aromatic heterocycles. The van der Waals surface area contributed by atoms with Gasteiger partial charge >= 0.3 is 29.8 Å². The standard InChI is InChI=1S/C38H50O15/c1-10-19(2)31(44)34(45)51-33-32(49-18-39)30(20(3)38-27(52-38)13-24(37(33,38)8)23-11-12-47-16-23)36(7)25(14-28(42)46-9)35(6,17-48-21(4)40)53-29(43)15-26(36)50-22(5)41/h11-12,16,18-19,24-27,30-33,44H,3,10,13-15,17H2,1-2,4-9H3/t19-,24-,25?,26+,27-,30-,31-,32-,33+,35-,36-,37-,38-/m1/s1. The molecule has 0 amide bonds. The van der Waals surface area contributed by atoms with Crippen molar-refractivity contribution in [3.05, 3.63) is 36.3 Å². The van der Waals surface area contributed by atoms with Crippen LogP contribution in [0.3, 0.4) is 0 Å². The molecule has 15 nitrogen and oxygen atoms in total. The lowest BCUT2D eigenvalue weighted by molar-refractivity contribution is -0.225. The molecule has 2 aliphatic carbocycles. The van der Waals surface area contributed by atoms with E-state index in [1.54, 1.807) is 26.2 Å². The van der Waals surface area contributed by atoms with E-state index in [9.17, 15) is 33.9 Å². The van der Waals surface area contributed by atoms with Gasteiger partial charge in [-0.1, -0.05) is 40.7 Å². The van der Waals surface area contributed by atoms with Gasteiger partial charge < -0.3 is 42.7 Å². The summed E-state index contributed by atoms with van der Waals surface area (Å²) in [6, 6.07) is 1.78. The van der Waals surface area contributed by atoms with Gasteiger partial charge in [-0.15, -0.1) is 0 Å². The summed E-state index contributed by atoms with van der Waals surface area (Å²) in [5.41, 5.74) is -4.74. The summed E-state index contributed by atoms with van der Waals surface area (Å²) < 4.78 is 46.8. The Hall–Kier alpha value is -4.24. The number of aliphatic hydroxyl groups excluding tert-OH is 1. The molecule has 1 unspecified atom stereocenters. The van der Waals surface area contributed by atoms with Crippen molar-refractivity contribution in [3.63, 3.8) is 0 Å². The van der Waals surface area contributed by atoms with Crippen molar-refractivity contribution in [2.45, 2.75) is 122 Å². The van der Waals surface area contributed by atoms with Crippen LogP contribution in [0.2, 0.25) is 0 Å². The van der Waals surface area contributed by atoms with E-state index in [2.05, 4.69) is 6.58 Å². The van der Waals surface area contributed by atoms with E-state index in [1.807, 2.05) is 13.8 Å². The van der Waals surface area contributed by atoms with Crippen LogP contribution in [-0.2, 0) is 61.9 Å². The van der Waals surface area contributed by atoms with Crippen LogP contribution >= 0.6 is 0 Å². The SMILES string of the molecule is C=C1[C@@H]([C@]2(C)C(CC(=O)OC)[C@@](C)(COC(C)=O)OC(=O)C[C@@H]2OC(C)=O)[C@@H](OC=O)[C@H](OC(=O)[C@H](O)[C@H](C)CC)[C@@]2(C)[C@@H](c3ccoc3)C[C@H]3O[C@]132. The minimum atomic E-state index is -1.76. The summed E-state index contributed by atoms with van der Waals surface area (Å²) in [6.07, 6.45) is -3.21. The number of hydrogen-bond donors (Lipinski definition) is 1. The quantitative estimate of drug-likeness (QED) is 0.101. The van der Waals surface area contributed by atoms with Gasteiger partial charge in [0.25, 0.3) is 6.47 Å². The summed E-state index contributed by atoms with van der Waals surface area (Å²) >= 11 is 0. The molecule has 1 aromatic rings. The topological polar surface area (TPSA) is 204 Å². The Morgan fingerprint density at radius 1 is 1.13 bits per heavy atom. The third-order valence-electron chi connectivity index (χ3n) is 12.6. The Labute approximate surface area is 307 Å². The first-order chi connectivity index (χ1) is 24.9. The molecule has 292 valence electrons. The third kappa shape index (κ3) is 6.43. The van der Waals surface area contributed by atoms with Gasteiger partial charge in [0.2, 0.25) is 0 Å². The molecule has 3 heterocycles. The highest BCUT2D eigenvalue weighted by Gasteiger charge is 2.85. The van der Waals surface area contributed by atoms with Gasteiger partial charge in [-0.05, 0) is 36.5 Å². The van der Waals surface area contributed by atoms with Crippen molar-refractivity contribution in [3.8, 4) is 0 Å². The molecule has 2 aliphatic heterocycles. The minimum absolute atomic E-state index is 0.196. The summed E-state index contributed by atoms with van der Waals surface area (Å²) in [5.74, 6) is -7.29. The average molecular weight is 747 g/mol. The smallest absolute Gasteiger partial charge is 0.335 e. The maximum atomic E-state index is 13.9. The van der Waals surface area contributed by atoms with Crippen LogP contribution in [0.25, 0.3) is 0 Å². The number of cyclic esters (lactones) is 1. The predicted molar refractivity (Wildman–Crippen MR) is 180 cm³/mol. The van der Waals surface area contributed by atoms with E-state index >= 15 is 0 Å². The number of esters is 5. The molecule has 4 aliphatic rings. The number of methoxy groups -OCH3 is 1. The molecular weight excluding hydrogens is 696 g/mol. The second-order valence-corrected chi connectivity index (χ2v) is 15.4. The van der Waals surface area contributed by atoms with Gasteiger partial charge in [-0.3, -0.25) is 24.0 Å². The van der Waals surface area contributed by atoms with Crippen molar-refractivity contribution in [2.75, 3.05) is 13.7 Å². The molecule has 4 fully saturated rings. The Morgan fingerprint density at radius 3 is 2.40 bits per heavy atom. The third-order valence-corrected chi connectivity index (χ3v) is 12.6.